The van der Waals surface area contributed by atoms with Gasteiger partial charge in [-0.15, -0.1) is 10.2 Å². The van der Waals surface area contributed by atoms with Crippen molar-refractivity contribution in [1.82, 2.24) is 30.0 Å². The molecule has 6 aliphatic rings. The van der Waals surface area contributed by atoms with Gasteiger partial charge in [-0.25, -0.2) is 0 Å². The maximum Gasteiger partial charge on any atom is 0.242 e. The summed E-state index contributed by atoms with van der Waals surface area (Å²) in [6, 6.07) is 25.1. The minimum absolute atomic E-state index is 0.180. The third-order valence-corrected chi connectivity index (χ3v) is 14.3. The van der Waals surface area contributed by atoms with E-state index in [0.29, 0.717) is 35.4 Å². The van der Waals surface area contributed by atoms with Gasteiger partial charge in [0.1, 0.15) is 23.7 Å². The molecule has 6 aromatic rings. The summed E-state index contributed by atoms with van der Waals surface area (Å²) in [5, 5.41) is 13.7. The number of aromatic nitrogens is 4. The Bertz CT molecular complexity index is 2280. The van der Waals surface area contributed by atoms with Gasteiger partial charge in [-0.2, -0.15) is 0 Å². The Kier molecular flexibility index (Phi) is 10.0. The van der Waals surface area contributed by atoms with Crippen LogP contribution in [0.2, 0.25) is 0 Å². The van der Waals surface area contributed by atoms with Gasteiger partial charge < -0.3 is 18.9 Å². The lowest BCUT2D eigenvalue weighted by Gasteiger charge is -2.52. The number of hydrogen-bond donors (Lipinski definition) is 0. The molecule has 3 aromatic heterocycles. The Balaban J connectivity index is 1.06. The van der Waals surface area contributed by atoms with Crippen molar-refractivity contribution in [2.45, 2.75) is 76.7 Å². The number of methoxy groups -OCH3 is 2. The van der Waals surface area contributed by atoms with Crippen molar-refractivity contribution >= 4 is 32.6 Å². The summed E-state index contributed by atoms with van der Waals surface area (Å²) in [6.45, 7) is 9.00. The highest BCUT2D eigenvalue weighted by Gasteiger charge is 2.46. The molecule has 6 fully saturated rings. The quantitative estimate of drug-likeness (QED) is 0.120. The van der Waals surface area contributed by atoms with Crippen molar-refractivity contribution in [1.29, 1.82) is 0 Å². The molecule has 0 saturated carbocycles. The van der Waals surface area contributed by atoms with E-state index < -0.39 is 0 Å². The van der Waals surface area contributed by atoms with Gasteiger partial charge in [0, 0.05) is 47.4 Å². The van der Waals surface area contributed by atoms with Crippen LogP contribution < -0.4 is 18.9 Å². The zero-order valence-electron chi connectivity index (χ0n) is 34.1. The zero-order chi connectivity index (χ0) is 39.3. The third-order valence-electron chi connectivity index (χ3n) is 14.3. The minimum Gasteiger partial charge on any atom is -0.497 e. The lowest BCUT2D eigenvalue weighted by molar-refractivity contribution is -0.0505. The highest BCUT2D eigenvalue weighted by molar-refractivity contribution is 5.91. The summed E-state index contributed by atoms with van der Waals surface area (Å²) in [5.74, 6) is 5.39. The van der Waals surface area contributed by atoms with Crippen molar-refractivity contribution in [3.63, 3.8) is 0 Å². The lowest BCUT2D eigenvalue weighted by atomic mass is 9.72. The van der Waals surface area contributed by atoms with Crippen LogP contribution in [-0.4, -0.2) is 82.4 Å². The monoisotopic (exact) mass is 778 g/mol. The van der Waals surface area contributed by atoms with Gasteiger partial charge in [-0.3, -0.25) is 19.8 Å². The summed E-state index contributed by atoms with van der Waals surface area (Å²) in [5.41, 5.74) is 4.01. The average molecular weight is 779 g/mol. The van der Waals surface area contributed by atoms with Gasteiger partial charge in [-0.1, -0.05) is 38.8 Å². The van der Waals surface area contributed by atoms with Crippen molar-refractivity contribution < 1.29 is 18.9 Å². The van der Waals surface area contributed by atoms with Crippen molar-refractivity contribution in [2.75, 3.05) is 40.4 Å². The second-order valence-corrected chi connectivity index (χ2v) is 17.0. The van der Waals surface area contributed by atoms with E-state index in [9.17, 15) is 0 Å². The van der Waals surface area contributed by atoms with Crippen LogP contribution in [0.25, 0.3) is 32.6 Å². The molecule has 300 valence electrons. The topological polar surface area (TPSA) is 95.0 Å². The zero-order valence-corrected chi connectivity index (χ0v) is 34.1. The lowest BCUT2D eigenvalue weighted by Crippen LogP contribution is -2.56. The number of fused-ring (bicyclic) bond motifs is 9. The van der Waals surface area contributed by atoms with E-state index in [4.69, 9.17) is 39.1 Å². The molecule has 9 heterocycles. The molecule has 58 heavy (non-hydrogen) atoms. The number of piperidine rings is 6. The third kappa shape index (κ3) is 6.58. The number of pyridine rings is 2. The molecule has 0 amide bonds. The molecule has 6 aliphatic heterocycles. The highest BCUT2D eigenvalue weighted by atomic mass is 16.5. The number of rotatable bonds is 12. The van der Waals surface area contributed by atoms with E-state index >= 15 is 0 Å². The molecule has 12 rings (SSSR count). The van der Waals surface area contributed by atoms with Crippen molar-refractivity contribution in [2.24, 2.45) is 23.7 Å². The summed E-state index contributed by atoms with van der Waals surface area (Å²) in [7, 11) is 3.42. The smallest absolute Gasteiger partial charge is 0.242 e. The molecular weight excluding hydrogens is 725 g/mol. The molecule has 0 aliphatic carbocycles. The fraction of sp³-hybridized carbons (Fsp3) is 0.458. The Labute approximate surface area is 340 Å². The number of ether oxygens (including phenoxy) is 4. The van der Waals surface area contributed by atoms with Gasteiger partial charge in [-0.05, 0) is 123 Å². The molecule has 6 saturated heterocycles. The van der Waals surface area contributed by atoms with Crippen LogP contribution in [0.4, 0.5) is 0 Å². The summed E-state index contributed by atoms with van der Waals surface area (Å²) in [4.78, 5) is 14.8. The second kappa shape index (κ2) is 15.6. The van der Waals surface area contributed by atoms with Crippen LogP contribution in [0.1, 0.15) is 75.7 Å². The van der Waals surface area contributed by atoms with E-state index in [2.05, 4.69) is 72.2 Å². The van der Waals surface area contributed by atoms with Crippen molar-refractivity contribution in [3.05, 3.63) is 96.3 Å². The Morgan fingerprint density at radius 3 is 1.47 bits per heavy atom. The molecule has 0 N–H and O–H groups in total. The predicted octanol–water partition coefficient (Wildman–Crippen LogP) is 9.22. The Morgan fingerprint density at radius 2 is 1.07 bits per heavy atom. The second-order valence-electron chi connectivity index (χ2n) is 17.0. The molecular formula is C48H54N6O4. The first kappa shape index (κ1) is 37.2. The summed E-state index contributed by atoms with van der Waals surface area (Å²) in [6.07, 6.45) is 10.2. The summed E-state index contributed by atoms with van der Waals surface area (Å²) < 4.78 is 26.0. The number of hydrogen-bond acceptors (Lipinski definition) is 10. The van der Waals surface area contributed by atoms with Crippen molar-refractivity contribution in [3.8, 4) is 23.3 Å². The van der Waals surface area contributed by atoms with Gasteiger partial charge in [0.15, 0.2) is 0 Å². The number of nitrogens with zero attached hydrogens (tertiary/aromatic N) is 6. The van der Waals surface area contributed by atoms with E-state index in [1.54, 1.807) is 14.2 Å². The van der Waals surface area contributed by atoms with E-state index in [1.807, 2.05) is 36.7 Å². The standard InChI is InChI=1S/C48H54N6O4/c1-5-29-27-53-21-17-31(29)23-43(53)45(35-15-19-49-41-13-11-33(55-3)25-39(35)41)57-47-37-9-7-8-10-38(37)48(52-51-47)58-46(44-24-32-18-22-54(44)28-30(32)6-2)36-16-20-50-42-14-12-34(56-4)26-40(36)42/h7-16,19-20,25-26,29-32,43-46H,5-6,17-18,21-24,27-28H2,1-4H3/t29-,30?,31+,32?,43-,44+,45+,46+/m0/s1. The van der Waals surface area contributed by atoms with Crippen LogP contribution >= 0.6 is 0 Å². The van der Waals surface area contributed by atoms with E-state index in [1.165, 1.54) is 25.7 Å². The fourth-order valence-electron chi connectivity index (χ4n) is 11.1. The van der Waals surface area contributed by atoms with Crippen LogP contribution in [0, 0.1) is 23.7 Å². The maximum absolute atomic E-state index is 7.30. The minimum atomic E-state index is -0.300. The highest BCUT2D eigenvalue weighted by Crippen LogP contribution is 2.47. The normalized spacial score (nSPS) is 27.4. The largest absolute Gasteiger partial charge is 0.497 e. The van der Waals surface area contributed by atoms with Gasteiger partial charge in [0.25, 0.3) is 0 Å². The van der Waals surface area contributed by atoms with Gasteiger partial charge >= 0.3 is 0 Å². The molecule has 0 spiro atoms. The first-order valence-corrected chi connectivity index (χ1v) is 21.5. The van der Waals surface area contributed by atoms with E-state index in [0.717, 1.165) is 94.2 Å². The molecule has 10 heteroatoms. The first-order chi connectivity index (χ1) is 28.5. The van der Waals surface area contributed by atoms with Crippen LogP contribution in [-0.2, 0) is 0 Å². The average Bonchev–Trinajstić information content (AvgIpc) is 3.29. The van der Waals surface area contributed by atoms with E-state index in [-0.39, 0.29) is 24.3 Å². The Morgan fingerprint density at radius 1 is 0.603 bits per heavy atom. The molecule has 4 unspecified atom stereocenters. The molecule has 10 atom stereocenters. The predicted molar refractivity (Wildman–Crippen MR) is 227 cm³/mol. The van der Waals surface area contributed by atoms with Gasteiger partial charge in [0.2, 0.25) is 11.8 Å². The molecule has 4 bridgehead atoms. The number of benzene rings is 3. The SMILES string of the molecule is CCC1CN2CCC1C[C@@H]2[C@H](Oc1nnc(O[C@H](c2ccnc3ccc(OC)cc23)[C@@H]2C[C@H]3CCN2C[C@@H]3CC)c2ccccc12)c1ccnc2ccc(OC)cc12. The molecule has 10 nitrogen and oxygen atoms in total. The van der Waals surface area contributed by atoms with Crippen LogP contribution in [0.15, 0.2) is 85.2 Å². The fourth-order valence-corrected chi connectivity index (χ4v) is 11.1. The van der Waals surface area contributed by atoms with Crippen LogP contribution in [0.3, 0.4) is 0 Å². The van der Waals surface area contributed by atoms with Crippen LogP contribution in [0.5, 0.6) is 23.3 Å². The first-order valence-electron chi connectivity index (χ1n) is 21.5. The molecule has 0 radical (unpaired) electrons. The maximum atomic E-state index is 7.30. The Hall–Kier alpha value is -5.06. The van der Waals surface area contributed by atoms with Gasteiger partial charge in [0.05, 0.1) is 48.1 Å². The summed E-state index contributed by atoms with van der Waals surface area (Å²) >= 11 is 0. The molecule has 3 aromatic carbocycles.